The zero-order chi connectivity index (χ0) is 47.7. The smallest absolute Gasteiger partial charge is 0.306 e. The molecular weight excluding hydrogens is 813 g/mol. The van der Waals surface area contributed by atoms with Crippen molar-refractivity contribution in [2.45, 2.75) is 290 Å². The van der Waals surface area contributed by atoms with Crippen LogP contribution in [0, 0.1) is 0 Å². The highest BCUT2D eigenvalue weighted by molar-refractivity contribution is 5.70. The van der Waals surface area contributed by atoms with Gasteiger partial charge in [0.2, 0.25) is 0 Å². The third-order valence-corrected chi connectivity index (χ3v) is 12.5. The topological polar surface area (TPSA) is 72.8 Å². The number of hydrogen-bond donors (Lipinski definition) is 1. The molecule has 0 heterocycles. The molecule has 0 spiro atoms. The van der Waals surface area contributed by atoms with Crippen molar-refractivity contribution in [3.63, 3.8) is 0 Å². The SMILES string of the molecule is CC/C=C\C/C=C\C/C=C\C/C=C\C/C=C\C/C=C\CCCCCCCCCCC(=O)OC(CO)COC(=O)CCCCCCCCCCCCCCCCCCCCCCCCCCC. The van der Waals surface area contributed by atoms with Crippen molar-refractivity contribution in [3.8, 4) is 0 Å². The molecule has 66 heavy (non-hydrogen) atoms. The number of unbranched alkanes of at least 4 members (excludes halogenated alkanes) is 32. The average molecular weight is 922 g/mol. The van der Waals surface area contributed by atoms with Gasteiger partial charge < -0.3 is 14.6 Å². The third kappa shape index (κ3) is 54.0. The van der Waals surface area contributed by atoms with Crippen LogP contribution in [0.25, 0.3) is 0 Å². The quantitative estimate of drug-likeness (QED) is 0.0374. The standard InChI is InChI=1S/C61H108O5/c1-3-5-7-9-11-13-15-17-19-21-23-25-27-29-30-32-34-36-38-40-42-44-46-48-50-52-54-56-61(64)66-59(57-62)58-65-60(63)55-53-51-49-47-45-43-41-39-37-35-33-31-28-26-24-22-20-18-16-14-12-10-8-6-4-2/h5,7,11,13,17,19,23,25,29-30,34,36,59,62H,3-4,6,8-10,12,14-16,18,20-22,24,26-28,31-33,35,37-58H2,1-2H3/b7-5-,13-11-,19-17-,25-23-,30-29-,36-34-. The lowest BCUT2D eigenvalue weighted by Gasteiger charge is -2.15. The summed E-state index contributed by atoms with van der Waals surface area (Å²) in [5.74, 6) is -0.591. The largest absolute Gasteiger partial charge is 0.462 e. The summed E-state index contributed by atoms with van der Waals surface area (Å²) in [6, 6.07) is 0. The van der Waals surface area contributed by atoms with Crippen molar-refractivity contribution < 1.29 is 24.2 Å². The molecule has 0 aliphatic rings. The summed E-state index contributed by atoms with van der Waals surface area (Å²) in [6.07, 6.45) is 77.3. The average Bonchev–Trinajstić information content (AvgIpc) is 3.32. The van der Waals surface area contributed by atoms with Gasteiger partial charge in [-0.1, -0.05) is 279 Å². The van der Waals surface area contributed by atoms with Crippen molar-refractivity contribution in [3.05, 3.63) is 72.9 Å². The van der Waals surface area contributed by atoms with Crippen molar-refractivity contribution in [1.82, 2.24) is 0 Å². The van der Waals surface area contributed by atoms with Crippen LogP contribution in [0.2, 0.25) is 0 Å². The molecule has 1 unspecified atom stereocenters. The molecule has 0 amide bonds. The molecule has 0 aliphatic carbocycles. The molecule has 1 N–H and O–H groups in total. The normalized spacial score (nSPS) is 12.7. The maximum Gasteiger partial charge on any atom is 0.306 e. The second-order valence-corrected chi connectivity index (χ2v) is 19.0. The van der Waals surface area contributed by atoms with E-state index in [0.29, 0.717) is 12.8 Å². The minimum atomic E-state index is -0.779. The van der Waals surface area contributed by atoms with E-state index in [-0.39, 0.29) is 25.2 Å². The zero-order valence-electron chi connectivity index (χ0n) is 43.7. The molecule has 0 radical (unpaired) electrons. The van der Waals surface area contributed by atoms with E-state index in [4.69, 9.17) is 9.47 Å². The van der Waals surface area contributed by atoms with E-state index >= 15 is 0 Å². The molecular formula is C61H108O5. The van der Waals surface area contributed by atoms with Gasteiger partial charge in [-0.3, -0.25) is 9.59 Å². The maximum atomic E-state index is 12.3. The Balaban J connectivity index is 3.50. The summed E-state index contributed by atoms with van der Waals surface area (Å²) in [5.41, 5.74) is 0. The minimum absolute atomic E-state index is 0.0688. The van der Waals surface area contributed by atoms with Crippen LogP contribution in [-0.2, 0) is 19.1 Å². The first kappa shape index (κ1) is 63.3. The van der Waals surface area contributed by atoms with E-state index in [9.17, 15) is 14.7 Å². The van der Waals surface area contributed by atoms with Crippen molar-refractivity contribution in [2.75, 3.05) is 13.2 Å². The molecule has 1 atom stereocenters. The van der Waals surface area contributed by atoms with Crippen LogP contribution < -0.4 is 0 Å². The van der Waals surface area contributed by atoms with Gasteiger partial charge in [0.05, 0.1) is 6.61 Å². The Labute approximate surface area is 410 Å². The van der Waals surface area contributed by atoms with Crippen LogP contribution in [0.4, 0.5) is 0 Å². The monoisotopic (exact) mass is 921 g/mol. The van der Waals surface area contributed by atoms with Gasteiger partial charge in [0, 0.05) is 12.8 Å². The van der Waals surface area contributed by atoms with Gasteiger partial charge in [0.25, 0.3) is 0 Å². The van der Waals surface area contributed by atoms with Crippen LogP contribution in [-0.4, -0.2) is 36.4 Å². The second-order valence-electron chi connectivity index (χ2n) is 19.0. The number of esters is 2. The molecule has 0 saturated heterocycles. The van der Waals surface area contributed by atoms with Crippen LogP contribution in [0.3, 0.4) is 0 Å². The highest BCUT2D eigenvalue weighted by Crippen LogP contribution is 2.17. The molecule has 0 aromatic carbocycles. The molecule has 0 rings (SSSR count). The van der Waals surface area contributed by atoms with Crippen molar-refractivity contribution in [2.24, 2.45) is 0 Å². The predicted octanol–water partition coefficient (Wildman–Crippen LogP) is 19.2. The Morgan fingerprint density at radius 2 is 0.652 bits per heavy atom. The van der Waals surface area contributed by atoms with Gasteiger partial charge in [0.15, 0.2) is 6.10 Å². The fourth-order valence-electron chi connectivity index (χ4n) is 8.27. The van der Waals surface area contributed by atoms with Crippen LogP contribution in [0.5, 0.6) is 0 Å². The van der Waals surface area contributed by atoms with Gasteiger partial charge in [0.1, 0.15) is 6.61 Å². The highest BCUT2D eigenvalue weighted by atomic mass is 16.6. The second kappa shape index (κ2) is 56.7. The molecule has 0 bridgehead atoms. The van der Waals surface area contributed by atoms with E-state index in [1.807, 2.05) is 0 Å². The summed E-state index contributed by atoms with van der Waals surface area (Å²) in [4.78, 5) is 24.5. The molecule has 0 aromatic rings. The zero-order valence-corrected chi connectivity index (χ0v) is 43.7. The Hall–Kier alpha value is -2.66. The number of aliphatic hydroxyl groups is 1. The lowest BCUT2D eigenvalue weighted by molar-refractivity contribution is -0.161. The lowest BCUT2D eigenvalue weighted by Crippen LogP contribution is -2.28. The van der Waals surface area contributed by atoms with Gasteiger partial charge in [-0.25, -0.2) is 0 Å². The van der Waals surface area contributed by atoms with E-state index in [2.05, 4.69) is 86.8 Å². The molecule has 5 nitrogen and oxygen atoms in total. The van der Waals surface area contributed by atoms with Crippen LogP contribution >= 0.6 is 0 Å². The summed E-state index contributed by atoms with van der Waals surface area (Å²) in [6.45, 7) is 4.05. The number of ether oxygens (including phenoxy) is 2. The summed E-state index contributed by atoms with van der Waals surface area (Å²) in [7, 11) is 0. The number of carbonyl (C=O) groups is 2. The molecule has 0 aromatic heterocycles. The minimum Gasteiger partial charge on any atom is -0.462 e. The van der Waals surface area contributed by atoms with Crippen LogP contribution in [0.1, 0.15) is 284 Å². The Morgan fingerprint density at radius 1 is 0.364 bits per heavy atom. The van der Waals surface area contributed by atoms with Gasteiger partial charge in [-0.05, 0) is 64.2 Å². The predicted molar refractivity (Wildman–Crippen MR) is 288 cm³/mol. The number of aliphatic hydroxyl groups excluding tert-OH is 1. The maximum absolute atomic E-state index is 12.3. The molecule has 0 fully saturated rings. The summed E-state index contributed by atoms with van der Waals surface area (Å²) >= 11 is 0. The molecule has 382 valence electrons. The first-order valence-corrected chi connectivity index (χ1v) is 28.5. The number of hydrogen-bond acceptors (Lipinski definition) is 5. The van der Waals surface area contributed by atoms with Gasteiger partial charge in [-0.15, -0.1) is 0 Å². The van der Waals surface area contributed by atoms with E-state index in [0.717, 1.165) is 83.5 Å². The Kier molecular flexibility index (Phi) is 54.4. The molecule has 0 aliphatic heterocycles. The van der Waals surface area contributed by atoms with E-state index < -0.39 is 6.10 Å². The van der Waals surface area contributed by atoms with Gasteiger partial charge >= 0.3 is 11.9 Å². The van der Waals surface area contributed by atoms with E-state index in [1.165, 1.54) is 173 Å². The Morgan fingerprint density at radius 3 is 0.985 bits per heavy atom. The molecule has 5 heteroatoms. The third-order valence-electron chi connectivity index (χ3n) is 12.5. The van der Waals surface area contributed by atoms with Crippen LogP contribution in [0.15, 0.2) is 72.9 Å². The number of carbonyl (C=O) groups excluding carboxylic acids is 2. The summed E-state index contributed by atoms with van der Waals surface area (Å²) in [5, 5.41) is 9.66. The fraction of sp³-hybridized carbons (Fsp3) is 0.770. The molecule has 0 saturated carbocycles. The van der Waals surface area contributed by atoms with Gasteiger partial charge in [-0.2, -0.15) is 0 Å². The number of allylic oxidation sites excluding steroid dienone is 12. The van der Waals surface area contributed by atoms with Crippen molar-refractivity contribution in [1.29, 1.82) is 0 Å². The lowest BCUT2D eigenvalue weighted by atomic mass is 10.0. The first-order valence-electron chi connectivity index (χ1n) is 28.5. The summed E-state index contributed by atoms with van der Waals surface area (Å²) < 4.78 is 10.7. The first-order chi connectivity index (χ1) is 32.6. The Bertz CT molecular complexity index is 1180. The fourth-order valence-corrected chi connectivity index (χ4v) is 8.27. The van der Waals surface area contributed by atoms with E-state index in [1.54, 1.807) is 0 Å². The van der Waals surface area contributed by atoms with Crippen molar-refractivity contribution >= 4 is 11.9 Å². The highest BCUT2D eigenvalue weighted by Gasteiger charge is 2.16. The number of rotatable bonds is 52.